The molecule has 5 N–H and O–H groups in total. The second kappa shape index (κ2) is 8.84. The summed E-state index contributed by atoms with van der Waals surface area (Å²) in [6, 6.07) is 11.2. The molecule has 1 aromatic heterocycles. The second-order valence-electron chi connectivity index (χ2n) is 7.26. The summed E-state index contributed by atoms with van der Waals surface area (Å²) in [6.45, 7) is 4.69. The average Bonchev–Trinajstić information content (AvgIpc) is 2.68. The van der Waals surface area contributed by atoms with Crippen LogP contribution in [0.25, 0.3) is 11.1 Å². The number of primary amides is 1. The van der Waals surface area contributed by atoms with Crippen LogP contribution < -0.4 is 16.8 Å². The Morgan fingerprint density at radius 3 is 2.86 bits per heavy atom. The summed E-state index contributed by atoms with van der Waals surface area (Å²) in [7, 11) is 0. The molecule has 1 saturated heterocycles. The fourth-order valence-electron chi connectivity index (χ4n) is 3.57. The number of anilines is 1. The van der Waals surface area contributed by atoms with Crippen molar-refractivity contribution in [1.29, 1.82) is 0 Å². The molecule has 148 valence electrons. The largest absolute Gasteiger partial charge is 0.383 e. The zero-order valence-corrected chi connectivity index (χ0v) is 16.1. The highest BCUT2D eigenvalue weighted by atomic mass is 16.2. The molecular weight excluding hydrogens is 354 g/mol. The topological polar surface area (TPSA) is 114 Å². The number of nitrogens with one attached hydrogen (secondary N) is 1. The summed E-state index contributed by atoms with van der Waals surface area (Å²) in [5.74, 6) is -0.0132. The molecule has 0 spiro atoms. The third-order valence-corrected chi connectivity index (χ3v) is 5.12. The van der Waals surface area contributed by atoms with Crippen LogP contribution in [0.2, 0.25) is 0 Å². The molecule has 1 atom stereocenters. The SMILES string of the molecule is Cc1ccc(-c2cccc(C(=O)NCCN3CCC[C@H](C(N)=O)C3)c2)c(N)n1. The lowest BCUT2D eigenvalue weighted by Crippen LogP contribution is -2.44. The molecule has 0 unspecified atom stereocenters. The normalized spacial score (nSPS) is 17.2. The summed E-state index contributed by atoms with van der Waals surface area (Å²) in [5, 5.41) is 2.95. The molecule has 1 fully saturated rings. The van der Waals surface area contributed by atoms with Gasteiger partial charge in [-0.2, -0.15) is 0 Å². The van der Waals surface area contributed by atoms with Crippen molar-refractivity contribution in [2.75, 3.05) is 31.9 Å². The van der Waals surface area contributed by atoms with Gasteiger partial charge in [0.15, 0.2) is 0 Å². The van der Waals surface area contributed by atoms with Gasteiger partial charge in [-0.15, -0.1) is 0 Å². The minimum absolute atomic E-state index is 0.0882. The number of hydrogen-bond acceptors (Lipinski definition) is 5. The molecule has 2 amide bonds. The third kappa shape index (κ3) is 4.86. The van der Waals surface area contributed by atoms with Gasteiger partial charge >= 0.3 is 0 Å². The molecular formula is C21H27N5O2. The highest BCUT2D eigenvalue weighted by Gasteiger charge is 2.23. The van der Waals surface area contributed by atoms with E-state index in [0.29, 0.717) is 31.0 Å². The lowest BCUT2D eigenvalue weighted by molar-refractivity contribution is -0.123. The maximum atomic E-state index is 12.5. The van der Waals surface area contributed by atoms with E-state index in [1.54, 1.807) is 6.07 Å². The highest BCUT2D eigenvalue weighted by molar-refractivity contribution is 5.95. The first-order valence-electron chi connectivity index (χ1n) is 9.57. The number of carbonyl (C=O) groups is 2. The van der Waals surface area contributed by atoms with E-state index in [1.165, 1.54) is 0 Å². The van der Waals surface area contributed by atoms with Crippen LogP contribution in [0, 0.1) is 12.8 Å². The van der Waals surface area contributed by atoms with Gasteiger partial charge in [0.05, 0.1) is 5.92 Å². The van der Waals surface area contributed by atoms with Gasteiger partial charge in [-0.05, 0) is 56.1 Å². The summed E-state index contributed by atoms with van der Waals surface area (Å²) in [4.78, 5) is 30.4. The number of rotatable bonds is 6. The number of pyridine rings is 1. The van der Waals surface area contributed by atoms with Crippen molar-refractivity contribution in [3.63, 3.8) is 0 Å². The number of nitrogens with two attached hydrogens (primary N) is 2. The van der Waals surface area contributed by atoms with Crippen molar-refractivity contribution >= 4 is 17.6 Å². The number of nitrogen functional groups attached to an aromatic ring is 1. The molecule has 2 aromatic rings. The van der Waals surface area contributed by atoms with E-state index in [2.05, 4.69) is 15.2 Å². The van der Waals surface area contributed by atoms with Gasteiger partial charge in [0.25, 0.3) is 5.91 Å². The van der Waals surface area contributed by atoms with Gasteiger partial charge in [-0.3, -0.25) is 9.59 Å². The molecule has 1 aliphatic rings. The summed E-state index contributed by atoms with van der Waals surface area (Å²) >= 11 is 0. The Hall–Kier alpha value is -2.93. The Labute approximate surface area is 165 Å². The first-order valence-corrected chi connectivity index (χ1v) is 9.57. The second-order valence-corrected chi connectivity index (χ2v) is 7.26. The van der Waals surface area contributed by atoms with Crippen LogP contribution in [0.4, 0.5) is 5.82 Å². The summed E-state index contributed by atoms with van der Waals surface area (Å²) < 4.78 is 0. The van der Waals surface area contributed by atoms with Gasteiger partial charge in [0.2, 0.25) is 5.91 Å². The van der Waals surface area contributed by atoms with Crippen LogP contribution in [0.1, 0.15) is 28.9 Å². The fraction of sp³-hybridized carbons (Fsp3) is 0.381. The standard InChI is InChI=1S/C21H27N5O2/c1-14-7-8-18(19(22)25-14)15-4-2-5-16(12-15)21(28)24-9-11-26-10-3-6-17(13-26)20(23)27/h2,4-5,7-8,12,17H,3,6,9-11,13H2,1H3,(H2,22,25)(H2,23,27)(H,24,28)/t17-/m0/s1. The number of nitrogens with zero attached hydrogens (tertiary/aromatic N) is 2. The lowest BCUT2D eigenvalue weighted by atomic mass is 9.97. The number of hydrogen-bond donors (Lipinski definition) is 3. The molecule has 0 aliphatic carbocycles. The van der Waals surface area contributed by atoms with Crippen molar-refractivity contribution in [3.8, 4) is 11.1 Å². The van der Waals surface area contributed by atoms with Crippen molar-refractivity contribution in [3.05, 3.63) is 47.7 Å². The zero-order valence-electron chi connectivity index (χ0n) is 16.1. The van der Waals surface area contributed by atoms with Gasteiger partial charge in [0.1, 0.15) is 5.82 Å². The van der Waals surface area contributed by atoms with Crippen molar-refractivity contribution in [2.45, 2.75) is 19.8 Å². The van der Waals surface area contributed by atoms with Crippen LogP contribution in [0.15, 0.2) is 36.4 Å². The number of piperidine rings is 1. The Kier molecular flexibility index (Phi) is 6.26. The zero-order chi connectivity index (χ0) is 20.1. The van der Waals surface area contributed by atoms with Gasteiger partial charge in [-0.25, -0.2) is 4.98 Å². The Morgan fingerprint density at radius 1 is 1.29 bits per heavy atom. The molecule has 7 heteroatoms. The van der Waals surface area contributed by atoms with Gasteiger partial charge in [0, 0.05) is 36.5 Å². The highest BCUT2D eigenvalue weighted by Crippen LogP contribution is 2.25. The number of aromatic nitrogens is 1. The number of likely N-dealkylation sites (tertiary alicyclic amines) is 1. The maximum absolute atomic E-state index is 12.5. The van der Waals surface area contributed by atoms with E-state index in [0.717, 1.165) is 36.2 Å². The van der Waals surface area contributed by atoms with Crippen LogP contribution in [-0.4, -0.2) is 47.9 Å². The summed E-state index contributed by atoms with van der Waals surface area (Å²) in [6.07, 6.45) is 1.80. The third-order valence-electron chi connectivity index (χ3n) is 5.12. The van der Waals surface area contributed by atoms with Crippen LogP contribution in [0.5, 0.6) is 0 Å². The summed E-state index contributed by atoms with van der Waals surface area (Å²) in [5.41, 5.74) is 14.5. The molecule has 1 aliphatic heterocycles. The minimum atomic E-state index is -0.240. The van der Waals surface area contributed by atoms with E-state index < -0.39 is 0 Å². The number of carbonyl (C=O) groups excluding carboxylic acids is 2. The molecule has 1 aromatic carbocycles. The smallest absolute Gasteiger partial charge is 0.251 e. The molecule has 0 saturated carbocycles. The van der Waals surface area contributed by atoms with Gasteiger partial charge < -0.3 is 21.7 Å². The molecule has 0 bridgehead atoms. The molecule has 7 nitrogen and oxygen atoms in total. The van der Waals surface area contributed by atoms with Crippen LogP contribution in [-0.2, 0) is 4.79 Å². The van der Waals surface area contributed by atoms with Crippen molar-refractivity contribution < 1.29 is 9.59 Å². The Balaban J connectivity index is 1.58. The predicted octanol–water partition coefficient (Wildman–Crippen LogP) is 1.57. The first-order chi connectivity index (χ1) is 13.4. The van der Waals surface area contributed by atoms with E-state index in [1.807, 2.05) is 37.3 Å². The molecule has 2 heterocycles. The van der Waals surface area contributed by atoms with Crippen LogP contribution >= 0.6 is 0 Å². The molecule has 0 radical (unpaired) electrons. The average molecular weight is 381 g/mol. The lowest BCUT2D eigenvalue weighted by Gasteiger charge is -2.31. The Morgan fingerprint density at radius 2 is 2.11 bits per heavy atom. The van der Waals surface area contributed by atoms with E-state index in [-0.39, 0.29) is 17.7 Å². The van der Waals surface area contributed by atoms with E-state index in [9.17, 15) is 9.59 Å². The number of amides is 2. The number of aryl methyl sites for hydroxylation is 1. The predicted molar refractivity (Wildman–Crippen MR) is 110 cm³/mol. The van der Waals surface area contributed by atoms with Crippen molar-refractivity contribution in [2.24, 2.45) is 11.7 Å². The van der Waals surface area contributed by atoms with Crippen LogP contribution in [0.3, 0.4) is 0 Å². The quantitative estimate of drug-likeness (QED) is 0.703. The van der Waals surface area contributed by atoms with E-state index >= 15 is 0 Å². The Bertz CT molecular complexity index is 868. The van der Waals surface area contributed by atoms with E-state index in [4.69, 9.17) is 11.5 Å². The molecule has 28 heavy (non-hydrogen) atoms. The first kappa shape index (κ1) is 19.8. The minimum Gasteiger partial charge on any atom is -0.383 e. The fourth-order valence-corrected chi connectivity index (χ4v) is 3.57. The number of benzene rings is 1. The maximum Gasteiger partial charge on any atom is 0.251 e. The van der Waals surface area contributed by atoms with Gasteiger partial charge in [-0.1, -0.05) is 12.1 Å². The molecule has 3 rings (SSSR count). The monoisotopic (exact) mass is 381 g/mol. The van der Waals surface area contributed by atoms with Crippen molar-refractivity contribution in [1.82, 2.24) is 15.2 Å².